The van der Waals surface area contributed by atoms with E-state index in [1.54, 1.807) is 0 Å². The van der Waals surface area contributed by atoms with Gasteiger partial charge in [0.15, 0.2) is 0 Å². The van der Waals surface area contributed by atoms with Crippen LogP contribution < -0.4 is 10.6 Å². The fraction of sp³-hybridized carbons (Fsp3) is 0.571. The zero-order valence-corrected chi connectivity index (χ0v) is 9.91. The summed E-state index contributed by atoms with van der Waals surface area (Å²) < 4.78 is 0. The van der Waals surface area contributed by atoms with Gasteiger partial charge >= 0.3 is 0 Å². The van der Waals surface area contributed by atoms with Crippen molar-refractivity contribution in [2.75, 3.05) is 13.1 Å². The number of rotatable bonds is 4. The van der Waals surface area contributed by atoms with Crippen molar-refractivity contribution in [1.29, 1.82) is 0 Å². The van der Waals surface area contributed by atoms with E-state index in [4.69, 9.17) is 0 Å². The van der Waals surface area contributed by atoms with E-state index in [0.29, 0.717) is 6.17 Å². The maximum Gasteiger partial charge on any atom is 0.0571 e. The summed E-state index contributed by atoms with van der Waals surface area (Å²) in [7, 11) is 0. The van der Waals surface area contributed by atoms with Crippen LogP contribution >= 0.6 is 0 Å². The van der Waals surface area contributed by atoms with Gasteiger partial charge in [-0.1, -0.05) is 43.2 Å². The molecule has 88 valence electrons. The molecule has 2 N–H and O–H groups in total. The molecule has 1 atom stereocenters. The molecule has 16 heavy (non-hydrogen) atoms. The Balaban J connectivity index is 1.67. The molecular weight excluding hydrogens is 196 g/mol. The maximum atomic E-state index is 3.60. The molecule has 1 aliphatic rings. The average molecular weight is 218 g/mol. The quantitative estimate of drug-likeness (QED) is 0.810. The maximum absolute atomic E-state index is 3.60. The van der Waals surface area contributed by atoms with Crippen LogP contribution in [0.25, 0.3) is 0 Å². The van der Waals surface area contributed by atoms with Crippen molar-refractivity contribution < 1.29 is 0 Å². The Labute approximate surface area is 98.4 Å². The van der Waals surface area contributed by atoms with Gasteiger partial charge in [-0.3, -0.25) is 0 Å². The van der Waals surface area contributed by atoms with Gasteiger partial charge in [-0.05, 0) is 31.4 Å². The molecule has 0 unspecified atom stereocenters. The van der Waals surface area contributed by atoms with E-state index in [-0.39, 0.29) is 0 Å². The molecule has 2 heteroatoms. The lowest BCUT2D eigenvalue weighted by molar-refractivity contribution is 0.422. The molecule has 1 saturated heterocycles. The second-order valence-electron chi connectivity index (χ2n) is 4.55. The predicted octanol–water partition coefficient (Wildman–Crippen LogP) is 2.31. The minimum absolute atomic E-state index is 0.534. The van der Waals surface area contributed by atoms with Crippen molar-refractivity contribution >= 4 is 0 Å². The van der Waals surface area contributed by atoms with Crippen molar-refractivity contribution in [2.45, 2.75) is 38.3 Å². The van der Waals surface area contributed by atoms with E-state index in [2.05, 4.69) is 41.0 Å². The van der Waals surface area contributed by atoms with Gasteiger partial charge in [0.25, 0.3) is 0 Å². The third-order valence-corrected chi connectivity index (χ3v) is 3.21. The number of benzene rings is 1. The van der Waals surface area contributed by atoms with Crippen molar-refractivity contribution in [3.63, 3.8) is 0 Å². The predicted molar refractivity (Wildman–Crippen MR) is 68.4 cm³/mol. The van der Waals surface area contributed by atoms with Crippen LogP contribution in [0.4, 0.5) is 0 Å². The minimum Gasteiger partial charge on any atom is -0.302 e. The van der Waals surface area contributed by atoms with E-state index in [1.165, 1.54) is 37.8 Å². The Kier molecular flexibility index (Phi) is 4.84. The first-order valence-corrected chi connectivity index (χ1v) is 6.46. The van der Waals surface area contributed by atoms with Crippen LogP contribution in [0, 0.1) is 0 Å². The standard InChI is InChI=1S/C14H22N2/c1-3-7-13(8-4-1)10-12-16-14-9-5-2-6-11-15-14/h1,3-4,7-8,14-16H,2,5-6,9-12H2/t14-/m0/s1. The molecule has 1 aromatic rings. The van der Waals surface area contributed by atoms with Gasteiger partial charge in [-0.25, -0.2) is 0 Å². The summed E-state index contributed by atoms with van der Waals surface area (Å²) in [6, 6.07) is 10.7. The number of nitrogens with one attached hydrogen (secondary N) is 2. The van der Waals surface area contributed by atoms with E-state index < -0.39 is 0 Å². The highest BCUT2D eigenvalue weighted by Crippen LogP contribution is 2.06. The summed E-state index contributed by atoms with van der Waals surface area (Å²) in [5.41, 5.74) is 1.42. The van der Waals surface area contributed by atoms with Crippen LogP contribution in [0.3, 0.4) is 0 Å². The van der Waals surface area contributed by atoms with Crippen LogP contribution in [0.15, 0.2) is 30.3 Å². The summed E-state index contributed by atoms with van der Waals surface area (Å²) in [5, 5.41) is 7.16. The summed E-state index contributed by atoms with van der Waals surface area (Å²) >= 11 is 0. The molecule has 0 amide bonds. The second kappa shape index (κ2) is 6.66. The Hall–Kier alpha value is -0.860. The first-order valence-electron chi connectivity index (χ1n) is 6.46. The molecule has 0 bridgehead atoms. The Morgan fingerprint density at radius 3 is 2.88 bits per heavy atom. The van der Waals surface area contributed by atoms with Crippen molar-refractivity contribution in [3.05, 3.63) is 35.9 Å². The van der Waals surface area contributed by atoms with E-state index in [0.717, 1.165) is 13.0 Å². The summed E-state index contributed by atoms with van der Waals surface area (Å²) in [6.45, 7) is 2.24. The van der Waals surface area contributed by atoms with Crippen molar-refractivity contribution in [3.8, 4) is 0 Å². The SMILES string of the molecule is c1ccc(CCN[C@H]2CCCCCN2)cc1. The van der Waals surface area contributed by atoms with E-state index in [1.807, 2.05) is 0 Å². The lowest BCUT2D eigenvalue weighted by Crippen LogP contribution is -2.42. The topological polar surface area (TPSA) is 24.1 Å². The summed E-state index contributed by atoms with van der Waals surface area (Å²) in [6.07, 6.45) is 7.00. The number of hydrogen-bond donors (Lipinski definition) is 2. The van der Waals surface area contributed by atoms with E-state index >= 15 is 0 Å². The molecule has 0 aliphatic carbocycles. The van der Waals surface area contributed by atoms with Crippen LogP contribution in [-0.2, 0) is 6.42 Å². The molecule has 1 aliphatic heterocycles. The highest BCUT2D eigenvalue weighted by Gasteiger charge is 2.09. The highest BCUT2D eigenvalue weighted by atomic mass is 15.1. The van der Waals surface area contributed by atoms with Crippen LogP contribution in [0.1, 0.15) is 31.2 Å². The third-order valence-electron chi connectivity index (χ3n) is 3.21. The van der Waals surface area contributed by atoms with Crippen molar-refractivity contribution in [2.24, 2.45) is 0 Å². The fourth-order valence-corrected chi connectivity index (χ4v) is 2.24. The normalized spacial score (nSPS) is 21.6. The van der Waals surface area contributed by atoms with E-state index in [9.17, 15) is 0 Å². The average Bonchev–Trinajstić information content (AvgIpc) is 2.59. The summed E-state index contributed by atoms with van der Waals surface area (Å²) in [4.78, 5) is 0. The monoisotopic (exact) mass is 218 g/mol. The Morgan fingerprint density at radius 1 is 1.12 bits per heavy atom. The van der Waals surface area contributed by atoms with Gasteiger partial charge in [-0.2, -0.15) is 0 Å². The highest BCUT2D eigenvalue weighted by molar-refractivity contribution is 5.14. The van der Waals surface area contributed by atoms with Gasteiger partial charge in [-0.15, -0.1) is 0 Å². The smallest absolute Gasteiger partial charge is 0.0571 e. The summed E-state index contributed by atoms with van der Waals surface area (Å²) in [5.74, 6) is 0. The lowest BCUT2D eigenvalue weighted by atomic mass is 10.1. The molecule has 2 nitrogen and oxygen atoms in total. The first kappa shape index (κ1) is 11.6. The second-order valence-corrected chi connectivity index (χ2v) is 4.55. The minimum atomic E-state index is 0.534. The Bertz CT molecular complexity index is 276. The van der Waals surface area contributed by atoms with Gasteiger partial charge in [0.2, 0.25) is 0 Å². The molecule has 2 rings (SSSR count). The molecule has 0 aromatic heterocycles. The molecule has 0 spiro atoms. The zero-order valence-electron chi connectivity index (χ0n) is 9.91. The van der Waals surface area contributed by atoms with Gasteiger partial charge < -0.3 is 10.6 Å². The molecule has 1 fully saturated rings. The van der Waals surface area contributed by atoms with Crippen LogP contribution in [0.5, 0.6) is 0 Å². The fourth-order valence-electron chi connectivity index (χ4n) is 2.24. The molecule has 0 saturated carbocycles. The van der Waals surface area contributed by atoms with Crippen molar-refractivity contribution in [1.82, 2.24) is 10.6 Å². The van der Waals surface area contributed by atoms with Crippen LogP contribution in [-0.4, -0.2) is 19.3 Å². The first-order chi connectivity index (χ1) is 7.95. The largest absolute Gasteiger partial charge is 0.302 e. The third kappa shape index (κ3) is 3.95. The molecule has 0 radical (unpaired) electrons. The molecule has 1 aromatic carbocycles. The lowest BCUT2D eigenvalue weighted by Gasteiger charge is -2.17. The van der Waals surface area contributed by atoms with Crippen LogP contribution in [0.2, 0.25) is 0 Å². The number of hydrogen-bond acceptors (Lipinski definition) is 2. The van der Waals surface area contributed by atoms with Gasteiger partial charge in [0.1, 0.15) is 0 Å². The zero-order chi connectivity index (χ0) is 11.1. The Morgan fingerprint density at radius 2 is 2.00 bits per heavy atom. The van der Waals surface area contributed by atoms with Gasteiger partial charge in [0.05, 0.1) is 6.17 Å². The molecular formula is C14H22N2. The molecule has 1 heterocycles. The van der Waals surface area contributed by atoms with Gasteiger partial charge in [0, 0.05) is 6.54 Å².